The van der Waals surface area contributed by atoms with Crippen LogP contribution in [0.5, 0.6) is 0 Å². The van der Waals surface area contributed by atoms with Gasteiger partial charge in [-0.1, -0.05) is 29.5 Å². The van der Waals surface area contributed by atoms with E-state index >= 15 is 0 Å². The highest BCUT2D eigenvalue weighted by Gasteiger charge is 2.17. The maximum atomic E-state index is 12.4. The molecule has 4 aromatic rings. The van der Waals surface area contributed by atoms with Crippen LogP contribution in [0.2, 0.25) is 0 Å². The van der Waals surface area contributed by atoms with Crippen molar-refractivity contribution in [1.29, 1.82) is 0 Å². The third kappa shape index (κ3) is 2.85. The monoisotopic (exact) mass is 354 g/mol. The molecule has 8 nitrogen and oxygen atoms in total. The van der Waals surface area contributed by atoms with Crippen molar-refractivity contribution in [3.63, 3.8) is 0 Å². The number of fused-ring (bicyclic) bond motifs is 1. The molecule has 0 saturated carbocycles. The van der Waals surface area contributed by atoms with Gasteiger partial charge in [-0.15, -0.1) is 0 Å². The van der Waals surface area contributed by atoms with Gasteiger partial charge in [-0.25, -0.2) is 14.2 Å². The summed E-state index contributed by atoms with van der Waals surface area (Å²) < 4.78 is 2.99. The highest BCUT2D eigenvalue weighted by atomic mass is 32.1. The smallest absolute Gasteiger partial charge is 0.271 e. The first kappa shape index (κ1) is 15.3. The second kappa shape index (κ2) is 6.02. The fraction of sp³-hybridized carbons (Fsp3) is 0.125. The second-order valence-electron chi connectivity index (χ2n) is 5.51. The van der Waals surface area contributed by atoms with Gasteiger partial charge in [-0.2, -0.15) is 5.10 Å². The van der Waals surface area contributed by atoms with Crippen molar-refractivity contribution in [2.24, 2.45) is 0 Å². The first-order valence-electron chi connectivity index (χ1n) is 7.59. The van der Waals surface area contributed by atoms with E-state index in [0.29, 0.717) is 11.4 Å². The van der Waals surface area contributed by atoms with E-state index in [1.807, 2.05) is 25.1 Å². The molecule has 126 valence electrons. The Morgan fingerprint density at radius 3 is 2.88 bits per heavy atom. The fourth-order valence-corrected chi connectivity index (χ4v) is 3.10. The highest BCUT2D eigenvalue weighted by molar-refractivity contribution is 7.14. The minimum absolute atomic E-state index is 0.194. The molecule has 3 aromatic heterocycles. The van der Waals surface area contributed by atoms with Crippen molar-refractivity contribution in [2.75, 3.05) is 0 Å². The Morgan fingerprint density at radius 1 is 1.32 bits per heavy atom. The molecule has 0 aliphatic rings. The summed E-state index contributed by atoms with van der Waals surface area (Å²) in [5.41, 5.74) is 2.97. The Labute approximate surface area is 145 Å². The zero-order valence-corrected chi connectivity index (χ0v) is 14.0. The predicted octanol–water partition coefficient (Wildman–Crippen LogP) is 1.76. The highest BCUT2D eigenvalue weighted by Crippen LogP contribution is 2.15. The van der Waals surface area contributed by atoms with Crippen LogP contribution >= 0.6 is 11.3 Å². The van der Waals surface area contributed by atoms with Crippen LogP contribution in [-0.4, -0.2) is 30.3 Å². The minimum Gasteiger partial charge on any atom is -0.343 e. The quantitative estimate of drug-likeness (QED) is 0.583. The van der Waals surface area contributed by atoms with Crippen molar-refractivity contribution >= 4 is 22.2 Å². The van der Waals surface area contributed by atoms with E-state index in [0.717, 1.165) is 4.96 Å². The number of aromatic amines is 1. The molecule has 1 amide bonds. The maximum Gasteiger partial charge on any atom is 0.271 e. The van der Waals surface area contributed by atoms with Crippen LogP contribution < -0.4 is 10.9 Å². The first-order chi connectivity index (χ1) is 12.1. The summed E-state index contributed by atoms with van der Waals surface area (Å²) in [6, 6.07) is 10.0. The molecule has 0 fully saturated rings. The normalized spacial score (nSPS) is 12.4. The summed E-state index contributed by atoms with van der Waals surface area (Å²) in [5, 5.41) is 9.78. The number of carbonyl (C=O) groups is 1. The molecule has 0 radical (unpaired) electrons. The molecule has 2 N–H and O–H groups in total. The minimum atomic E-state index is -0.372. The lowest BCUT2D eigenvalue weighted by Gasteiger charge is -2.10. The number of imidazole rings is 1. The second-order valence-corrected chi connectivity index (χ2v) is 6.32. The van der Waals surface area contributed by atoms with E-state index in [1.54, 1.807) is 28.4 Å². The molecular weight excluding hydrogens is 340 g/mol. The standard InChI is InChI=1S/C16H14N6O2S/c1-10(13-8-21-16(19-13)25-9-17-21)18-15(24)12-7-14(23)22(20-12)11-5-3-2-4-6-11/h2-10,20H,1H3,(H,18,24)/t10-/m1/s1. The Balaban J connectivity index is 1.55. The van der Waals surface area contributed by atoms with Gasteiger partial charge in [0.2, 0.25) is 4.96 Å². The van der Waals surface area contributed by atoms with Crippen LogP contribution in [0, 0.1) is 0 Å². The number of benzene rings is 1. The molecule has 4 rings (SSSR count). The number of H-pyrrole nitrogens is 1. The number of nitrogens with one attached hydrogen (secondary N) is 2. The Kier molecular flexibility index (Phi) is 3.69. The lowest BCUT2D eigenvalue weighted by molar-refractivity contribution is 0.0933. The van der Waals surface area contributed by atoms with Crippen molar-refractivity contribution < 1.29 is 4.79 Å². The lowest BCUT2D eigenvalue weighted by Crippen LogP contribution is -2.27. The summed E-state index contributed by atoms with van der Waals surface area (Å²) in [6.07, 6.45) is 1.77. The number of rotatable bonds is 4. The molecule has 0 spiro atoms. The molecule has 0 saturated heterocycles. The summed E-state index contributed by atoms with van der Waals surface area (Å²) in [5.74, 6) is -0.372. The Bertz CT molecular complexity index is 1060. The van der Waals surface area contributed by atoms with Crippen LogP contribution in [0.1, 0.15) is 29.1 Å². The Morgan fingerprint density at radius 2 is 2.12 bits per heavy atom. The van der Waals surface area contributed by atoms with Crippen molar-refractivity contribution in [2.45, 2.75) is 13.0 Å². The van der Waals surface area contributed by atoms with Gasteiger partial charge in [0.15, 0.2) is 0 Å². The SMILES string of the molecule is C[C@@H](NC(=O)c1cc(=O)n(-c2ccccc2)[nH]1)c1cn2ncsc2n1. The van der Waals surface area contributed by atoms with E-state index in [-0.39, 0.29) is 23.2 Å². The average molecular weight is 354 g/mol. The summed E-state index contributed by atoms with van der Waals surface area (Å²) in [4.78, 5) is 29.7. The van der Waals surface area contributed by atoms with Crippen molar-refractivity contribution in [3.8, 4) is 5.69 Å². The number of hydrogen-bond acceptors (Lipinski definition) is 5. The topological polar surface area (TPSA) is 97.1 Å². The lowest BCUT2D eigenvalue weighted by atomic mass is 10.2. The van der Waals surface area contributed by atoms with Gasteiger partial charge in [0.1, 0.15) is 11.2 Å². The molecule has 0 aliphatic heterocycles. The van der Waals surface area contributed by atoms with E-state index in [2.05, 4.69) is 20.5 Å². The van der Waals surface area contributed by atoms with Gasteiger partial charge in [0.25, 0.3) is 11.5 Å². The summed E-state index contributed by atoms with van der Waals surface area (Å²) in [6.45, 7) is 1.83. The molecule has 0 aliphatic carbocycles. The molecule has 0 bridgehead atoms. The molecule has 0 unspecified atom stereocenters. The van der Waals surface area contributed by atoms with E-state index < -0.39 is 0 Å². The number of para-hydroxylation sites is 1. The Hall–Kier alpha value is -3.20. The molecular formula is C16H14N6O2S. The third-order valence-corrected chi connectivity index (χ3v) is 4.46. The number of amides is 1. The molecule has 1 atom stereocenters. The van der Waals surface area contributed by atoms with E-state index in [9.17, 15) is 9.59 Å². The van der Waals surface area contributed by atoms with Crippen LogP contribution in [-0.2, 0) is 0 Å². The molecule has 9 heteroatoms. The van der Waals surface area contributed by atoms with Crippen LogP contribution in [0.25, 0.3) is 10.6 Å². The van der Waals surface area contributed by atoms with Crippen LogP contribution in [0.4, 0.5) is 0 Å². The van der Waals surface area contributed by atoms with Crippen LogP contribution in [0.15, 0.2) is 52.9 Å². The van der Waals surface area contributed by atoms with Gasteiger partial charge in [-0.3, -0.25) is 14.7 Å². The van der Waals surface area contributed by atoms with E-state index in [4.69, 9.17) is 0 Å². The number of aromatic nitrogens is 5. The van der Waals surface area contributed by atoms with Crippen LogP contribution in [0.3, 0.4) is 0 Å². The predicted molar refractivity (Wildman–Crippen MR) is 93.1 cm³/mol. The molecule has 25 heavy (non-hydrogen) atoms. The van der Waals surface area contributed by atoms with E-state index in [1.165, 1.54) is 22.1 Å². The van der Waals surface area contributed by atoms with Gasteiger partial charge >= 0.3 is 0 Å². The summed E-state index contributed by atoms with van der Waals surface area (Å²) in [7, 11) is 0. The zero-order chi connectivity index (χ0) is 17.4. The van der Waals surface area contributed by atoms with Gasteiger partial charge < -0.3 is 5.32 Å². The number of carbonyl (C=O) groups excluding carboxylic acids is 1. The first-order valence-corrected chi connectivity index (χ1v) is 8.47. The summed E-state index contributed by atoms with van der Waals surface area (Å²) >= 11 is 1.42. The molecule has 3 heterocycles. The largest absolute Gasteiger partial charge is 0.343 e. The zero-order valence-electron chi connectivity index (χ0n) is 13.2. The average Bonchev–Trinajstić information content (AvgIpc) is 3.29. The van der Waals surface area contributed by atoms with Gasteiger partial charge in [-0.05, 0) is 19.1 Å². The molecule has 1 aromatic carbocycles. The number of hydrogen-bond donors (Lipinski definition) is 2. The van der Waals surface area contributed by atoms with Gasteiger partial charge in [0.05, 0.1) is 23.6 Å². The van der Waals surface area contributed by atoms with Gasteiger partial charge in [0, 0.05) is 6.07 Å². The maximum absolute atomic E-state index is 12.4. The van der Waals surface area contributed by atoms with Crippen molar-refractivity contribution in [3.05, 3.63) is 69.8 Å². The third-order valence-electron chi connectivity index (χ3n) is 3.78. The fourth-order valence-electron chi connectivity index (χ4n) is 2.49. The van der Waals surface area contributed by atoms with Crippen molar-refractivity contribution in [1.82, 2.24) is 29.7 Å². The number of nitrogens with zero attached hydrogens (tertiary/aromatic N) is 4.